The Labute approximate surface area is 177 Å². The van der Waals surface area contributed by atoms with Crippen molar-refractivity contribution in [1.29, 1.82) is 0 Å². The molecule has 1 heterocycles. The molecule has 0 aliphatic heterocycles. The summed E-state index contributed by atoms with van der Waals surface area (Å²) in [4.78, 5) is 4.48. The van der Waals surface area contributed by atoms with Crippen molar-refractivity contribution in [2.45, 2.75) is 13.2 Å². The van der Waals surface area contributed by atoms with Gasteiger partial charge in [-0.15, -0.1) is 0 Å². The van der Waals surface area contributed by atoms with Crippen LogP contribution in [-0.4, -0.2) is 4.98 Å². The molecule has 0 N–H and O–H groups in total. The van der Waals surface area contributed by atoms with Crippen LogP contribution >= 0.6 is 0 Å². The number of hydrogen-bond acceptors (Lipinski definition) is 3. The molecular formula is C27H23NO2. The summed E-state index contributed by atoms with van der Waals surface area (Å²) in [5, 5.41) is 0. The fourth-order valence-corrected chi connectivity index (χ4v) is 3.12. The van der Waals surface area contributed by atoms with Gasteiger partial charge in [0, 0.05) is 23.4 Å². The summed E-state index contributed by atoms with van der Waals surface area (Å²) in [7, 11) is 0. The van der Waals surface area contributed by atoms with Gasteiger partial charge in [0.2, 0.25) is 5.88 Å². The van der Waals surface area contributed by atoms with Crippen molar-refractivity contribution in [2.75, 3.05) is 0 Å². The topological polar surface area (TPSA) is 31.4 Å². The van der Waals surface area contributed by atoms with Gasteiger partial charge in [-0.25, -0.2) is 4.98 Å². The molecule has 0 atom stereocenters. The van der Waals surface area contributed by atoms with Gasteiger partial charge in [0.25, 0.3) is 0 Å². The molecule has 0 saturated heterocycles. The number of nitrogens with zero attached hydrogens (tertiary/aromatic N) is 1. The number of hydrogen-bond donors (Lipinski definition) is 0. The predicted molar refractivity (Wildman–Crippen MR) is 121 cm³/mol. The van der Waals surface area contributed by atoms with Crippen molar-refractivity contribution in [3.63, 3.8) is 0 Å². The molecule has 0 spiro atoms. The van der Waals surface area contributed by atoms with Gasteiger partial charge in [-0.3, -0.25) is 0 Å². The fraction of sp³-hybridized carbons (Fsp3) is 0.0741. The maximum absolute atomic E-state index is 6.12. The first kappa shape index (κ1) is 19.5. The maximum Gasteiger partial charge on any atom is 0.213 e. The van der Waals surface area contributed by atoms with Crippen LogP contribution in [0.25, 0.3) is 17.2 Å². The monoisotopic (exact) mass is 393 g/mol. The van der Waals surface area contributed by atoms with E-state index in [1.807, 2.05) is 85.1 Å². The van der Waals surface area contributed by atoms with Gasteiger partial charge in [-0.05, 0) is 34.9 Å². The first-order valence-electron chi connectivity index (χ1n) is 9.88. The molecule has 0 aliphatic carbocycles. The third-order valence-electron chi connectivity index (χ3n) is 4.75. The highest BCUT2D eigenvalue weighted by Crippen LogP contribution is 2.32. The summed E-state index contributed by atoms with van der Waals surface area (Å²) in [6.07, 6.45) is 3.65. The summed E-state index contributed by atoms with van der Waals surface area (Å²) < 4.78 is 11.9. The molecule has 0 fully saturated rings. The Hall–Kier alpha value is -3.85. The lowest BCUT2D eigenvalue weighted by atomic mass is 10.0. The third-order valence-corrected chi connectivity index (χ3v) is 4.75. The number of rotatable bonds is 8. The second kappa shape index (κ2) is 9.57. The summed E-state index contributed by atoms with van der Waals surface area (Å²) in [5.74, 6) is 1.40. The molecule has 1 aromatic heterocycles. The lowest BCUT2D eigenvalue weighted by Gasteiger charge is -2.13. The van der Waals surface area contributed by atoms with E-state index in [0.717, 1.165) is 33.6 Å². The minimum atomic E-state index is 0.491. The molecule has 0 amide bonds. The van der Waals surface area contributed by atoms with E-state index in [9.17, 15) is 0 Å². The van der Waals surface area contributed by atoms with E-state index in [4.69, 9.17) is 9.47 Å². The Bertz CT molecular complexity index is 1090. The van der Waals surface area contributed by atoms with E-state index in [-0.39, 0.29) is 0 Å². The third kappa shape index (κ3) is 4.95. The molecule has 0 bridgehead atoms. The van der Waals surface area contributed by atoms with E-state index in [1.165, 1.54) is 0 Å². The highest BCUT2D eigenvalue weighted by Gasteiger charge is 2.09. The van der Waals surface area contributed by atoms with Gasteiger partial charge in [0.15, 0.2) is 0 Å². The lowest BCUT2D eigenvalue weighted by molar-refractivity contribution is 0.294. The van der Waals surface area contributed by atoms with E-state index in [2.05, 4.69) is 29.8 Å². The Balaban J connectivity index is 1.52. The van der Waals surface area contributed by atoms with E-state index >= 15 is 0 Å². The predicted octanol–water partition coefficient (Wildman–Crippen LogP) is 6.55. The van der Waals surface area contributed by atoms with Crippen LogP contribution in [0.15, 0.2) is 104 Å². The first-order chi connectivity index (χ1) is 14.8. The van der Waals surface area contributed by atoms with Gasteiger partial charge in [0.1, 0.15) is 19.0 Å². The molecule has 0 radical (unpaired) electrons. The molecule has 0 saturated carbocycles. The van der Waals surface area contributed by atoms with Gasteiger partial charge < -0.3 is 9.47 Å². The van der Waals surface area contributed by atoms with E-state index in [0.29, 0.717) is 19.1 Å². The summed E-state index contributed by atoms with van der Waals surface area (Å²) >= 11 is 0. The zero-order chi connectivity index (χ0) is 20.6. The highest BCUT2D eigenvalue weighted by atomic mass is 16.5. The molecule has 30 heavy (non-hydrogen) atoms. The maximum atomic E-state index is 6.12. The molecule has 4 aromatic rings. The normalized spacial score (nSPS) is 10.4. The van der Waals surface area contributed by atoms with Crippen LogP contribution in [0.2, 0.25) is 0 Å². The minimum absolute atomic E-state index is 0.491. The van der Waals surface area contributed by atoms with E-state index < -0.39 is 0 Å². The second-order valence-corrected chi connectivity index (χ2v) is 6.89. The average molecular weight is 393 g/mol. The Morgan fingerprint density at radius 2 is 1.40 bits per heavy atom. The molecular weight excluding hydrogens is 370 g/mol. The van der Waals surface area contributed by atoms with Crippen LogP contribution in [0.4, 0.5) is 0 Å². The van der Waals surface area contributed by atoms with Gasteiger partial charge >= 0.3 is 0 Å². The smallest absolute Gasteiger partial charge is 0.213 e. The van der Waals surface area contributed by atoms with Crippen molar-refractivity contribution in [3.8, 4) is 22.8 Å². The molecule has 4 rings (SSSR count). The van der Waals surface area contributed by atoms with Gasteiger partial charge in [-0.2, -0.15) is 0 Å². The van der Waals surface area contributed by atoms with Crippen LogP contribution in [0.5, 0.6) is 11.6 Å². The van der Waals surface area contributed by atoms with Crippen molar-refractivity contribution in [1.82, 2.24) is 4.98 Å². The van der Waals surface area contributed by atoms with Crippen molar-refractivity contribution in [3.05, 3.63) is 120 Å². The molecule has 3 aromatic carbocycles. The number of benzene rings is 3. The van der Waals surface area contributed by atoms with Gasteiger partial charge in [0.05, 0.1) is 0 Å². The quantitative estimate of drug-likeness (QED) is 0.340. The van der Waals surface area contributed by atoms with Crippen molar-refractivity contribution < 1.29 is 9.47 Å². The van der Waals surface area contributed by atoms with Crippen LogP contribution in [0.1, 0.15) is 16.7 Å². The molecule has 148 valence electrons. The minimum Gasteiger partial charge on any atom is -0.488 e. The zero-order valence-electron chi connectivity index (χ0n) is 16.7. The molecule has 3 heteroatoms. The fourth-order valence-electron chi connectivity index (χ4n) is 3.12. The Morgan fingerprint density at radius 3 is 2.00 bits per heavy atom. The number of aromatic nitrogens is 1. The van der Waals surface area contributed by atoms with Crippen molar-refractivity contribution >= 4 is 6.08 Å². The van der Waals surface area contributed by atoms with E-state index in [1.54, 1.807) is 0 Å². The zero-order valence-corrected chi connectivity index (χ0v) is 16.7. The number of pyridine rings is 1. The summed E-state index contributed by atoms with van der Waals surface area (Å²) in [5.41, 5.74) is 5.21. The molecule has 0 unspecified atom stereocenters. The Kier molecular flexibility index (Phi) is 6.21. The molecule has 3 nitrogen and oxygen atoms in total. The van der Waals surface area contributed by atoms with Crippen molar-refractivity contribution in [2.24, 2.45) is 0 Å². The largest absolute Gasteiger partial charge is 0.488 e. The summed E-state index contributed by atoms with van der Waals surface area (Å²) in [6, 6.07) is 30.1. The van der Waals surface area contributed by atoms with Crippen LogP contribution < -0.4 is 9.47 Å². The van der Waals surface area contributed by atoms with Crippen LogP contribution in [-0.2, 0) is 13.2 Å². The standard InChI is InChI=1S/C27H23NO2/c1-2-21-13-15-26(29-19-22-9-5-3-6-10-22)25(17-21)24-14-16-27(28-18-24)30-20-23-11-7-4-8-12-23/h2-18H,1,19-20H2. The average Bonchev–Trinajstić information content (AvgIpc) is 2.83. The Morgan fingerprint density at radius 1 is 0.733 bits per heavy atom. The van der Waals surface area contributed by atoms with Gasteiger partial charge in [-0.1, -0.05) is 79.4 Å². The van der Waals surface area contributed by atoms with Crippen LogP contribution in [0, 0.1) is 0 Å². The van der Waals surface area contributed by atoms with Crippen LogP contribution in [0.3, 0.4) is 0 Å². The SMILES string of the molecule is C=Cc1ccc(OCc2ccccc2)c(-c2ccc(OCc3ccccc3)nc2)c1. The first-order valence-corrected chi connectivity index (χ1v) is 9.88. The molecule has 0 aliphatic rings. The lowest BCUT2D eigenvalue weighted by Crippen LogP contribution is -1.98. The number of ether oxygens (including phenoxy) is 2. The highest BCUT2D eigenvalue weighted by molar-refractivity contribution is 5.73. The summed E-state index contributed by atoms with van der Waals surface area (Å²) in [6.45, 7) is 4.88. The second-order valence-electron chi connectivity index (χ2n) is 6.89.